The Morgan fingerprint density at radius 1 is 1.57 bits per heavy atom. The fourth-order valence-corrected chi connectivity index (χ4v) is 1.44. The Balaban J connectivity index is 3.44. The van der Waals surface area contributed by atoms with Crippen molar-refractivity contribution >= 4 is 17.4 Å². The number of carbonyl (C=O) groups excluding carboxylic acids is 1. The molecule has 0 saturated heterocycles. The van der Waals surface area contributed by atoms with Crippen LogP contribution >= 0.6 is 11.6 Å². The van der Waals surface area contributed by atoms with Gasteiger partial charge in [-0.3, -0.25) is 4.79 Å². The lowest BCUT2D eigenvalue weighted by atomic mass is 10.1. The quantitative estimate of drug-likeness (QED) is 0.703. The number of benzene rings is 1. The second-order valence-electron chi connectivity index (χ2n) is 2.67. The van der Waals surface area contributed by atoms with Crippen LogP contribution in [0.25, 0.3) is 0 Å². The summed E-state index contributed by atoms with van der Waals surface area (Å²) in [6.07, 6.45) is 0. The lowest BCUT2D eigenvalue weighted by Crippen LogP contribution is -1.97. The highest BCUT2D eigenvalue weighted by molar-refractivity contribution is 6.35. The summed E-state index contributed by atoms with van der Waals surface area (Å²) < 4.78 is 4.93. The van der Waals surface area contributed by atoms with Crippen molar-refractivity contribution in [2.24, 2.45) is 0 Å². The number of Topliss-reactive ketones (excluding diaryl/α,β-unsaturated/α-hetero) is 1. The number of carbonyl (C=O) groups is 1. The average Bonchev–Trinajstić information content (AvgIpc) is 2.16. The molecule has 1 aromatic rings. The zero-order valence-electron chi connectivity index (χ0n) is 7.80. The first-order valence-corrected chi connectivity index (χ1v) is 4.27. The van der Waals surface area contributed by atoms with Crippen molar-refractivity contribution in [3.05, 3.63) is 28.3 Å². The summed E-state index contributed by atoms with van der Waals surface area (Å²) in [5.74, 6) is 0.205. The van der Waals surface area contributed by atoms with Crippen molar-refractivity contribution in [2.75, 3.05) is 7.11 Å². The number of hydrogen-bond donors (Lipinski definition) is 0. The van der Waals surface area contributed by atoms with Gasteiger partial charge in [0.25, 0.3) is 0 Å². The van der Waals surface area contributed by atoms with Crippen LogP contribution in [-0.2, 0) is 0 Å². The van der Waals surface area contributed by atoms with Crippen molar-refractivity contribution in [3.8, 4) is 11.8 Å². The molecule has 0 N–H and O–H groups in total. The van der Waals surface area contributed by atoms with E-state index in [0.717, 1.165) is 0 Å². The molecule has 3 nitrogen and oxygen atoms in total. The van der Waals surface area contributed by atoms with Gasteiger partial charge in [-0.05, 0) is 19.1 Å². The third kappa shape index (κ3) is 1.70. The summed E-state index contributed by atoms with van der Waals surface area (Å²) in [4.78, 5) is 11.1. The Kier molecular flexibility index (Phi) is 3.10. The SMILES string of the molecule is COc1ccc(C(C)=O)c(Cl)c1C#N. The predicted molar refractivity (Wildman–Crippen MR) is 52.7 cm³/mol. The molecular formula is C10H8ClNO2. The van der Waals surface area contributed by atoms with Gasteiger partial charge in [0.1, 0.15) is 17.4 Å². The molecule has 1 rings (SSSR count). The largest absolute Gasteiger partial charge is 0.495 e. The molecule has 0 atom stereocenters. The normalized spacial score (nSPS) is 9.29. The van der Waals surface area contributed by atoms with E-state index in [1.54, 1.807) is 12.1 Å². The first kappa shape index (κ1) is 10.6. The zero-order chi connectivity index (χ0) is 10.7. The van der Waals surface area contributed by atoms with Crippen LogP contribution in [0.1, 0.15) is 22.8 Å². The summed E-state index contributed by atoms with van der Waals surface area (Å²) in [5.41, 5.74) is 0.533. The molecule has 14 heavy (non-hydrogen) atoms. The van der Waals surface area contributed by atoms with Crippen molar-refractivity contribution < 1.29 is 9.53 Å². The van der Waals surface area contributed by atoms with Crippen molar-refractivity contribution in [1.82, 2.24) is 0 Å². The van der Waals surface area contributed by atoms with E-state index in [4.69, 9.17) is 21.6 Å². The molecule has 0 aliphatic rings. The molecule has 0 spiro atoms. The maximum atomic E-state index is 11.1. The smallest absolute Gasteiger partial charge is 0.161 e. The minimum Gasteiger partial charge on any atom is -0.495 e. The Bertz CT molecular complexity index is 421. The third-order valence-electron chi connectivity index (χ3n) is 1.81. The van der Waals surface area contributed by atoms with Crippen LogP contribution in [0.3, 0.4) is 0 Å². The predicted octanol–water partition coefficient (Wildman–Crippen LogP) is 2.42. The van der Waals surface area contributed by atoms with E-state index in [1.807, 2.05) is 6.07 Å². The molecule has 0 radical (unpaired) electrons. The van der Waals surface area contributed by atoms with E-state index in [0.29, 0.717) is 11.3 Å². The maximum absolute atomic E-state index is 11.1. The second-order valence-corrected chi connectivity index (χ2v) is 3.05. The van der Waals surface area contributed by atoms with E-state index in [-0.39, 0.29) is 16.4 Å². The number of hydrogen-bond acceptors (Lipinski definition) is 3. The van der Waals surface area contributed by atoms with Crippen LogP contribution in [0.4, 0.5) is 0 Å². The molecule has 0 heterocycles. The van der Waals surface area contributed by atoms with Crippen molar-refractivity contribution in [3.63, 3.8) is 0 Å². The first-order valence-electron chi connectivity index (χ1n) is 3.89. The highest BCUT2D eigenvalue weighted by Crippen LogP contribution is 2.29. The van der Waals surface area contributed by atoms with Gasteiger partial charge in [-0.25, -0.2) is 0 Å². The molecule has 0 aromatic heterocycles. The highest BCUT2D eigenvalue weighted by Gasteiger charge is 2.14. The Hall–Kier alpha value is -1.53. The Labute approximate surface area is 86.9 Å². The minimum atomic E-state index is -0.172. The van der Waals surface area contributed by atoms with Gasteiger partial charge in [0.05, 0.1) is 12.1 Å². The topological polar surface area (TPSA) is 50.1 Å². The van der Waals surface area contributed by atoms with Crippen LogP contribution in [-0.4, -0.2) is 12.9 Å². The Morgan fingerprint density at radius 2 is 2.21 bits per heavy atom. The molecule has 0 aliphatic heterocycles. The third-order valence-corrected chi connectivity index (χ3v) is 2.21. The fourth-order valence-electron chi connectivity index (χ4n) is 1.10. The molecule has 0 saturated carbocycles. The maximum Gasteiger partial charge on any atom is 0.161 e. The van der Waals surface area contributed by atoms with Gasteiger partial charge >= 0.3 is 0 Å². The van der Waals surface area contributed by atoms with Gasteiger partial charge in [0.2, 0.25) is 0 Å². The first-order chi connectivity index (χ1) is 6.61. The lowest BCUT2D eigenvalue weighted by molar-refractivity contribution is 0.101. The monoisotopic (exact) mass is 209 g/mol. The highest BCUT2D eigenvalue weighted by atomic mass is 35.5. The van der Waals surface area contributed by atoms with E-state index >= 15 is 0 Å². The summed E-state index contributed by atoms with van der Waals surface area (Å²) in [6.45, 7) is 1.40. The lowest BCUT2D eigenvalue weighted by Gasteiger charge is -2.06. The molecule has 0 aliphatic carbocycles. The van der Waals surface area contributed by atoms with Crippen LogP contribution in [0.5, 0.6) is 5.75 Å². The van der Waals surface area contributed by atoms with Crippen molar-refractivity contribution in [2.45, 2.75) is 6.92 Å². The number of halogens is 1. The molecule has 0 amide bonds. The van der Waals surface area contributed by atoms with Gasteiger partial charge in [-0.1, -0.05) is 11.6 Å². The van der Waals surface area contributed by atoms with Crippen LogP contribution < -0.4 is 4.74 Å². The van der Waals surface area contributed by atoms with E-state index in [9.17, 15) is 4.79 Å². The van der Waals surface area contributed by atoms with Gasteiger partial charge in [-0.2, -0.15) is 5.26 Å². The molecule has 0 unspecified atom stereocenters. The zero-order valence-corrected chi connectivity index (χ0v) is 8.55. The van der Waals surface area contributed by atoms with Gasteiger partial charge < -0.3 is 4.74 Å². The van der Waals surface area contributed by atoms with Crippen LogP contribution in [0, 0.1) is 11.3 Å². The van der Waals surface area contributed by atoms with Gasteiger partial charge in [0, 0.05) is 5.56 Å². The molecule has 0 bridgehead atoms. The number of rotatable bonds is 2. The fraction of sp³-hybridized carbons (Fsp3) is 0.200. The number of nitrogens with zero attached hydrogens (tertiary/aromatic N) is 1. The minimum absolute atomic E-state index is 0.152. The summed E-state index contributed by atoms with van der Waals surface area (Å²) in [5, 5.41) is 8.96. The van der Waals surface area contributed by atoms with Crippen LogP contribution in [0.15, 0.2) is 12.1 Å². The van der Waals surface area contributed by atoms with E-state index in [1.165, 1.54) is 14.0 Å². The van der Waals surface area contributed by atoms with Crippen LogP contribution in [0.2, 0.25) is 5.02 Å². The average molecular weight is 210 g/mol. The van der Waals surface area contributed by atoms with Gasteiger partial charge in [-0.15, -0.1) is 0 Å². The number of nitriles is 1. The van der Waals surface area contributed by atoms with Crippen molar-refractivity contribution in [1.29, 1.82) is 5.26 Å². The second kappa shape index (κ2) is 4.12. The molecule has 1 aromatic carbocycles. The molecule has 0 fully saturated rings. The summed E-state index contributed by atoms with van der Waals surface area (Å²) >= 11 is 5.86. The standard InChI is InChI=1S/C10H8ClNO2/c1-6(13)7-3-4-9(14-2)8(5-12)10(7)11/h3-4H,1-2H3. The summed E-state index contributed by atoms with van der Waals surface area (Å²) in [7, 11) is 1.44. The van der Waals surface area contributed by atoms with E-state index < -0.39 is 0 Å². The van der Waals surface area contributed by atoms with E-state index in [2.05, 4.69) is 0 Å². The Morgan fingerprint density at radius 3 is 2.64 bits per heavy atom. The molecular weight excluding hydrogens is 202 g/mol. The number of ether oxygens (including phenoxy) is 1. The summed E-state index contributed by atoms with van der Waals surface area (Å²) in [6, 6.07) is 5.00. The molecule has 72 valence electrons. The van der Waals surface area contributed by atoms with Gasteiger partial charge in [0.15, 0.2) is 5.78 Å². The number of methoxy groups -OCH3 is 1. The number of ketones is 1. The molecule has 4 heteroatoms.